The largest absolute Gasteiger partial charge is 0.376 e. The van der Waals surface area contributed by atoms with Gasteiger partial charge in [-0.15, -0.1) is 0 Å². The third-order valence-corrected chi connectivity index (χ3v) is 5.15. The van der Waals surface area contributed by atoms with Crippen molar-refractivity contribution in [3.63, 3.8) is 0 Å². The van der Waals surface area contributed by atoms with Crippen molar-refractivity contribution in [2.24, 2.45) is 11.8 Å². The monoisotopic (exact) mass is 259 g/mol. The summed E-state index contributed by atoms with van der Waals surface area (Å²) in [5.74, 6) is 4.47. The molecule has 1 aromatic rings. The normalized spacial score (nSPS) is 32.4. The lowest BCUT2D eigenvalue weighted by molar-refractivity contribution is 0.109. The molecule has 19 heavy (non-hydrogen) atoms. The Bertz CT molecular complexity index is 485. The quantitative estimate of drug-likeness (QED) is 0.886. The van der Waals surface area contributed by atoms with Crippen LogP contribution < -0.4 is 5.32 Å². The molecule has 3 atom stereocenters. The van der Waals surface area contributed by atoms with Crippen LogP contribution in [0.15, 0.2) is 0 Å². The fraction of sp³-hybridized carbons (Fsp3) is 0.733. The SMILES string of the molecule is CNc1nc(C2CC3CCC2C3)nc2c1COCC2. The van der Waals surface area contributed by atoms with Gasteiger partial charge >= 0.3 is 0 Å². The molecule has 0 aromatic carbocycles. The second-order valence-electron chi connectivity index (χ2n) is 6.19. The average Bonchev–Trinajstić information content (AvgIpc) is 3.08. The predicted molar refractivity (Wildman–Crippen MR) is 73.1 cm³/mol. The molecule has 0 spiro atoms. The summed E-state index contributed by atoms with van der Waals surface area (Å²) in [6.45, 7) is 1.45. The van der Waals surface area contributed by atoms with Crippen LogP contribution in [-0.2, 0) is 17.8 Å². The molecule has 3 unspecified atom stereocenters. The highest BCUT2D eigenvalue weighted by molar-refractivity contribution is 5.47. The third-order valence-electron chi connectivity index (χ3n) is 5.15. The first-order valence-electron chi connectivity index (χ1n) is 7.50. The highest BCUT2D eigenvalue weighted by Gasteiger charge is 2.42. The smallest absolute Gasteiger partial charge is 0.135 e. The van der Waals surface area contributed by atoms with Gasteiger partial charge in [0, 0.05) is 24.9 Å². The van der Waals surface area contributed by atoms with E-state index in [4.69, 9.17) is 14.7 Å². The minimum Gasteiger partial charge on any atom is -0.376 e. The van der Waals surface area contributed by atoms with Crippen molar-refractivity contribution in [2.45, 2.75) is 44.6 Å². The van der Waals surface area contributed by atoms with Crippen molar-refractivity contribution in [1.82, 2.24) is 9.97 Å². The van der Waals surface area contributed by atoms with Crippen molar-refractivity contribution in [1.29, 1.82) is 0 Å². The lowest BCUT2D eigenvalue weighted by Gasteiger charge is -2.24. The summed E-state index contributed by atoms with van der Waals surface area (Å²) >= 11 is 0. The Morgan fingerprint density at radius 1 is 1.21 bits per heavy atom. The first kappa shape index (κ1) is 11.6. The second-order valence-corrected chi connectivity index (χ2v) is 6.19. The number of nitrogens with zero attached hydrogens (tertiary/aromatic N) is 2. The first-order chi connectivity index (χ1) is 9.35. The Labute approximate surface area is 114 Å². The van der Waals surface area contributed by atoms with Gasteiger partial charge in [0.1, 0.15) is 11.6 Å². The van der Waals surface area contributed by atoms with Gasteiger partial charge in [0.2, 0.25) is 0 Å². The zero-order valence-electron chi connectivity index (χ0n) is 11.5. The number of fused-ring (bicyclic) bond motifs is 3. The lowest BCUT2D eigenvalue weighted by atomic mass is 9.88. The molecule has 1 N–H and O–H groups in total. The fourth-order valence-corrected chi connectivity index (χ4v) is 4.18. The maximum absolute atomic E-state index is 5.53. The zero-order valence-corrected chi connectivity index (χ0v) is 11.5. The predicted octanol–water partition coefficient (Wildman–Crippen LogP) is 2.49. The van der Waals surface area contributed by atoms with Crippen LogP contribution in [-0.4, -0.2) is 23.6 Å². The standard InChI is InChI=1S/C15H21N3O/c1-16-14-12-8-19-5-4-13(12)17-15(18-14)11-7-9-2-3-10(11)6-9/h9-11H,2-8H2,1H3,(H,16,17,18). The van der Waals surface area contributed by atoms with Gasteiger partial charge in [-0.3, -0.25) is 0 Å². The highest BCUT2D eigenvalue weighted by Crippen LogP contribution is 2.52. The number of ether oxygens (including phenoxy) is 1. The molecule has 4 nitrogen and oxygen atoms in total. The van der Waals surface area contributed by atoms with Crippen LogP contribution >= 0.6 is 0 Å². The maximum atomic E-state index is 5.53. The number of anilines is 1. The Kier molecular flexibility index (Phi) is 2.72. The van der Waals surface area contributed by atoms with E-state index in [2.05, 4.69) is 5.32 Å². The summed E-state index contributed by atoms with van der Waals surface area (Å²) in [7, 11) is 1.95. The second kappa shape index (κ2) is 4.44. The Hall–Kier alpha value is -1.16. The van der Waals surface area contributed by atoms with E-state index in [1.165, 1.54) is 36.9 Å². The van der Waals surface area contributed by atoms with E-state index in [1.807, 2.05) is 7.05 Å². The van der Waals surface area contributed by atoms with E-state index >= 15 is 0 Å². The maximum Gasteiger partial charge on any atom is 0.135 e. The van der Waals surface area contributed by atoms with E-state index < -0.39 is 0 Å². The summed E-state index contributed by atoms with van der Waals surface area (Å²) in [4.78, 5) is 9.69. The van der Waals surface area contributed by atoms with Gasteiger partial charge in [-0.2, -0.15) is 0 Å². The molecule has 1 aromatic heterocycles. The molecule has 2 bridgehead atoms. The van der Waals surface area contributed by atoms with E-state index in [0.29, 0.717) is 12.5 Å². The van der Waals surface area contributed by atoms with E-state index in [1.54, 1.807) is 0 Å². The summed E-state index contributed by atoms with van der Waals surface area (Å²) in [6.07, 6.45) is 6.46. The fourth-order valence-electron chi connectivity index (χ4n) is 4.18. The van der Waals surface area contributed by atoms with Crippen LogP contribution in [0.3, 0.4) is 0 Å². The van der Waals surface area contributed by atoms with Gasteiger partial charge in [0.05, 0.1) is 18.9 Å². The molecule has 4 rings (SSSR count). The van der Waals surface area contributed by atoms with Crippen molar-refractivity contribution in [3.8, 4) is 0 Å². The van der Waals surface area contributed by atoms with Crippen molar-refractivity contribution in [3.05, 3.63) is 17.1 Å². The van der Waals surface area contributed by atoms with Crippen molar-refractivity contribution in [2.75, 3.05) is 19.0 Å². The van der Waals surface area contributed by atoms with Gasteiger partial charge in [-0.1, -0.05) is 6.42 Å². The van der Waals surface area contributed by atoms with Crippen LogP contribution in [0.5, 0.6) is 0 Å². The summed E-state index contributed by atoms with van der Waals surface area (Å²) in [5.41, 5.74) is 2.38. The van der Waals surface area contributed by atoms with Gasteiger partial charge in [-0.05, 0) is 31.1 Å². The topological polar surface area (TPSA) is 47.0 Å². The summed E-state index contributed by atoms with van der Waals surface area (Å²) < 4.78 is 5.53. The molecule has 2 heterocycles. The van der Waals surface area contributed by atoms with Gasteiger partial charge in [0.15, 0.2) is 0 Å². The molecular formula is C15H21N3O. The van der Waals surface area contributed by atoms with E-state index in [-0.39, 0.29) is 0 Å². The van der Waals surface area contributed by atoms with Gasteiger partial charge < -0.3 is 10.1 Å². The van der Waals surface area contributed by atoms with Crippen molar-refractivity contribution < 1.29 is 4.74 Å². The zero-order chi connectivity index (χ0) is 12.8. The van der Waals surface area contributed by atoms with Crippen LogP contribution in [0.1, 0.15) is 48.7 Å². The number of hydrogen-bond acceptors (Lipinski definition) is 4. The number of nitrogens with one attached hydrogen (secondary N) is 1. The molecule has 1 aliphatic heterocycles. The molecule has 0 saturated heterocycles. The molecule has 2 aliphatic carbocycles. The van der Waals surface area contributed by atoms with Crippen molar-refractivity contribution >= 4 is 5.82 Å². The Morgan fingerprint density at radius 3 is 2.89 bits per heavy atom. The number of hydrogen-bond donors (Lipinski definition) is 1. The van der Waals surface area contributed by atoms with Gasteiger partial charge in [-0.25, -0.2) is 9.97 Å². The third kappa shape index (κ3) is 1.84. The minimum atomic E-state index is 0.610. The average molecular weight is 259 g/mol. The molecular weight excluding hydrogens is 238 g/mol. The Balaban J connectivity index is 1.72. The van der Waals surface area contributed by atoms with Crippen LogP contribution in [0.25, 0.3) is 0 Å². The molecule has 4 heteroatoms. The van der Waals surface area contributed by atoms with E-state index in [9.17, 15) is 0 Å². The minimum absolute atomic E-state index is 0.610. The molecule has 102 valence electrons. The highest BCUT2D eigenvalue weighted by atomic mass is 16.5. The molecule has 2 fully saturated rings. The Morgan fingerprint density at radius 2 is 2.16 bits per heavy atom. The first-order valence-corrected chi connectivity index (χ1v) is 7.50. The summed E-state index contributed by atoms with van der Waals surface area (Å²) in [5, 5.41) is 3.23. The number of aromatic nitrogens is 2. The summed E-state index contributed by atoms with van der Waals surface area (Å²) in [6, 6.07) is 0. The lowest BCUT2D eigenvalue weighted by Crippen LogP contribution is -2.20. The van der Waals surface area contributed by atoms with E-state index in [0.717, 1.165) is 36.5 Å². The molecule has 3 aliphatic rings. The van der Waals surface area contributed by atoms with Crippen LogP contribution in [0.2, 0.25) is 0 Å². The molecule has 2 saturated carbocycles. The molecule has 0 amide bonds. The van der Waals surface area contributed by atoms with Gasteiger partial charge in [0.25, 0.3) is 0 Å². The van der Waals surface area contributed by atoms with Crippen LogP contribution in [0.4, 0.5) is 5.82 Å². The van der Waals surface area contributed by atoms with Crippen LogP contribution in [0, 0.1) is 11.8 Å². The molecule has 0 radical (unpaired) electrons. The number of rotatable bonds is 2.